The summed E-state index contributed by atoms with van der Waals surface area (Å²) in [5.41, 5.74) is 3.48. The summed E-state index contributed by atoms with van der Waals surface area (Å²) in [4.78, 5) is 36.6. The van der Waals surface area contributed by atoms with Gasteiger partial charge in [-0.2, -0.15) is 5.10 Å². The fourth-order valence-electron chi connectivity index (χ4n) is 4.66. The summed E-state index contributed by atoms with van der Waals surface area (Å²) in [5.74, 6) is -0.507. The number of aromatic nitrogens is 2. The van der Waals surface area contributed by atoms with Crippen molar-refractivity contribution < 1.29 is 23.9 Å². The molecule has 1 amide bonds. The highest BCUT2D eigenvalue weighted by atomic mass is 16.5. The third-order valence-electron chi connectivity index (χ3n) is 6.69. The molecule has 0 atom stereocenters. The van der Waals surface area contributed by atoms with Crippen molar-refractivity contribution >= 4 is 17.7 Å². The van der Waals surface area contributed by atoms with E-state index in [9.17, 15) is 14.4 Å². The number of Topliss-reactive ketones (excluding diaryl/α,β-unsaturated/α-hetero) is 1. The first-order valence-electron chi connectivity index (χ1n) is 11.6. The van der Waals surface area contributed by atoms with Crippen LogP contribution >= 0.6 is 0 Å². The topological polar surface area (TPSA) is 99.5 Å². The maximum Gasteiger partial charge on any atom is 0.338 e. The van der Waals surface area contributed by atoms with Gasteiger partial charge in [0.25, 0.3) is 5.91 Å². The first-order valence-corrected chi connectivity index (χ1v) is 11.6. The van der Waals surface area contributed by atoms with Gasteiger partial charge in [0.15, 0.2) is 5.78 Å². The number of hydrogen-bond acceptors (Lipinski definition) is 6. The number of ketones is 1. The van der Waals surface area contributed by atoms with Gasteiger partial charge in [0.2, 0.25) is 0 Å². The van der Waals surface area contributed by atoms with Gasteiger partial charge in [0, 0.05) is 38.3 Å². The van der Waals surface area contributed by atoms with Crippen LogP contribution in [0.5, 0.6) is 0 Å². The normalized spacial score (nSPS) is 17.2. The number of nitrogens with one attached hydrogen (secondary N) is 1. The second kappa shape index (κ2) is 9.87. The van der Waals surface area contributed by atoms with Gasteiger partial charge >= 0.3 is 5.97 Å². The van der Waals surface area contributed by atoms with Crippen LogP contribution in [0.2, 0.25) is 0 Å². The molecule has 0 aliphatic carbocycles. The van der Waals surface area contributed by atoms with E-state index in [1.165, 1.54) is 6.92 Å². The molecule has 0 unspecified atom stereocenters. The molecule has 0 radical (unpaired) electrons. The van der Waals surface area contributed by atoms with E-state index >= 15 is 0 Å². The molecule has 0 saturated carbocycles. The molecule has 1 aromatic carbocycles. The van der Waals surface area contributed by atoms with Crippen molar-refractivity contribution in [3.05, 3.63) is 52.3 Å². The van der Waals surface area contributed by atoms with Crippen LogP contribution in [0.1, 0.15) is 75.6 Å². The number of benzene rings is 1. The lowest BCUT2D eigenvalue weighted by atomic mass is 9.76. The molecule has 1 aromatic heterocycles. The van der Waals surface area contributed by atoms with Gasteiger partial charge in [-0.05, 0) is 50.2 Å². The number of nitrogens with zero attached hydrogens (tertiary/aromatic N) is 2. The molecule has 1 N–H and O–H groups in total. The van der Waals surface area contributed by atoms with Crippen LogP contribution in [0.3, 0.4) is 0 Å². The maximum absolute atomic E-state index is 12.9. The standard InChI is InChI=1S/C25H31N3O5/c1-3-20-22-21(15-25(16-26-23(22)30)9-13-32-14-10-25)28(27-20)11-4-12-33-24(31)19-7-5-18(6-8-19)17(2)29/h5-8H,3-4,9-16H2,1-2H3,(H,26,30). The number of amides is 1. The lowest BCUT2D eigenvalue weighted by molar-refractivity contribution is 0.0152. The largest absolute Gasteiger partial charge is 0.462 e. The summed E-state index contributed by atoms with van der Waals surface area (Å²) in [5, 5.41) is 7.86. The predicted molar refractivity (Wildman–Crippen MR) is 121 cm³/mol. The molecule has 3 heterocycles. The Hall–Kier alpha value is -3.00. The van der Waals surface area contributed by atoms with Gasteiger partial charge in [0.1, 0.15) is 0 Å². The van der Waals surface area contributed by atoms with Crippen molar-refractivity contribution in [2.45, 2.75) is 52.5 Å². The fourth-order valence-corrected chi connectivity index (χ4v) is 4.66. The maximum atomic E-state index is 12.9. The van der Waals surface area contributed by atoms with Crippen LogP contribution in [-0.4, -0.2) is 53.8 Å². The second-order valence-corrected chi connectivity index (χ2v) is 8.94. The Balaban J connectivity index is 1.42. The third kappa shape index (κ3) is 5.00. The van der Waals surface area contributed by atoms with Crippen LogP contribution in [0.15, 0.2) is 24.3 Å². The van der Waals surface area contributed by atoms with Crippen LogP contribution in [0.4, 0.5) is 0 Å². The zero-order valence-corrected chi connectivity index (χ0v) is 19.3. The number of esters is 1. The second-order valence-electron chi connectivity index (χ2n) is 8.94. The Labute approximate surface area is 193 Å². The molecule has 2 aliphatic rings. The number of ether oxygens (including phenoxy) is 2. The summed E-state index contributed by atoms with van der Waals surface area (Å²) >= 11 is 0. The molecule has 33 heavy (non-hydrogen) atoms. The first-order chi connectivity index (χ1) is 15.9. The van der Waals surface area contributed by atoms with Gasteiger partial charge < -0.3 is 14.8 Å². The lowest BCUT2D eigenvalue weighted by Gasteiger charge is -2.36. The van der Waals surface area contributed by atoms with Crippen LogP contribution < -0.4 is 5.32 Å². The first kappa shape index (κ1) is 23.2. The Morgan fingerprint density at radius 1 is 1.18 bits per heavy atom. The zero-order valence-electron chi connectivity index (χ0n) is 19.3. The number of aryl methyl sites for hydroxylation is 2. The van der Waals surface area contributed by atoms with Gasteiger partial charge in [-0.1, -0.05) is 19.1 Å². The predicted octanol–water partition coefficient (Wildman–Crippen LogP) is 2.98. The fraction of sp³-hybridized carbons (Fsp3) is 0.520. The van der Waals surface area contributed by atoms with Crippen LogP contribution in [0, 0.1) is 5.41 Å². The summed E-state index contributed by atoms with van der Waals surface area (Å²) in [6, 6.07) is 6.46. The molecule has 1 fully saturated rings. The van der Waals surface area contributed by atoms with E-state index < -0.39 is 5.97 Å². The molecule has 4 rings (SSSR count). The average molecular weight is 454 g/mol. The molecule has 176 valence electrons. The van der Waals surface area contributed by atoms with E-state index in [2.05, 4.69) is 5.32 Å². The van der Waals surface area contributed by atoms with Gasteiger partial charge in [-0.3, -0.25) is 14.3 Å². The quantitative estimate of drug-likeness (QED) is 0.393. The van der Waals surface area contributed by atoms with E-state index in [1.54, 1.807) is 24.3 Å². The highest BCUT2D eigenvalue weighted by molar-refractivity contribution is 5.97. The van der Waals surface area contributed by atoms with E-state index in [4.69, 9.17) is 14.6 Å². The Kier molecular flexibility index (Phi) is 6.93. The Bertz CT molecular complexity index is 1040. The molecular weight excluding hydrogens is 422 g/mol. The van der Waals surface area contributed by atoms with Crippen LogP contribution in [0.25, 0.3) is 0 Å². The summed E-state index contributed by atoms with van der Waals surface area (Å²) in [6.45, 7) is 6.39. The van der Waals surface area contributed by atoms with Crippen LogP contribution in [-0.2, 0) is 28.9 Å². The highest BCUT2D eigenvalue weighted by Gasteiger charge is 2.39. The minimum absolute atomic E-state index is 0.000452. The third-order valence-corrected chi connectivity index (χ3v) is 6.69. The number of hydrogen-bond donors (Lipinski definition) is 1. The molecule has 8 nitrogen and oxygen atoms in total. The highest BCUT2D eigenvalue weighted by Crippen LogP contribution is 2.37. The van der Waals surface area contributed by atoms with Crippen molar-refractivity contribution in [1.82, 2.24) is 15.1 Å². The minimum Gasteiger partial charge on any atom is -0.462 e. The number of fused-ring (bicyclic) bond motifs is 1. The number of rotatable bonds is 7. The molecular formula is C25H31N3O5. The Morgan fingerprint density at radius 2 is 1.88 bits per heavy atom. The molecule has 8 heteroatoms. The summed E-state index contributed by atoms with van der Waals surface area (Å²) < 4.78 is 12.9. The van der Waals surface area contributed by atoms with E-state index in [-0.39, 0.29) is 23.7 Å². The molecule has 0 bridgehead atoms. The SMILES string of the molecule is CCc1nn(CCCOC(=O)c2ccc(C(C)=O)cc2)c2c1C(=O)NCC1(CCOCC1)C2. The van der Waals surface area contributed by atoms with Crippen molar-refractivity contribution in [2.75, 3.05) is 26.4 Å². The lowest BCUT2D eigenvalue weighted by Crippen LogP contribution is -2.40. The van der Waals surface area contributed by atoms with Crippen molar-refractivity contribution in [1.29, 1.82) is 0 Å². The van der Waals surface area contributed by atoms with E-state index in [0.717, 1.165) is 30.7 Å². The van der Waals surface area contributed by atoms with Gasteiger partial charge in [-0.15, -0.1) is 0 Å². The molecule has 1 saturated heterocycles. The zero-order chi connectivity index (χ0) is 23.4. The average Bonchev–Trinajstić information content (AvgIpc) is 3.10. The van der Waals surface area contributed by atoms with Crippen molar-refractivity contribution in [2.24, 2.45) is 5.41 Å². The molecule has 1 spiro atoms. The summed E-state index contributed by atoms with van der Waals surface area (Å²) in [7, 11) is 0. The minimum atomic E-state index is -0.417. The summed E-state index contributed by atoms with van der Waals surface area (Å²) in [6.07, 6.45) is 3.90. The molecule has 2 aliphatic heterocycles. The van der Waals surface area contributed by atoms with Crippen molar-refractivity contribution in [3.8, 4) is 0 Å². The Morgan fingerprint density at radius 3 is 2.55 bits per heavy atom. The van der Waals surface area contributed by atoms with Gasteiger partial charge in [-0.25, -0.2) is 4.79 Å². The van der Waals surface area contributed by atoms with Gasteiger partial charge in [0.05, 0.1) is 29.1 Å². The smallest absolute Gasteiger partial charge is 0.338 e. The molecule has 2 aromatic rings. The van der Waals surface area contributed by atoms with E-state index in [1.807, 2.05) is 11.6 Å². The monoisotopic (exact) mass is 453 g/mol. The number of carbonyl (C=O) groups is 3. The van der Waals surface area contributed by atoms with E-state index in [0.29, 0.717) is 55.8 Å². The number of carbonyl (C=O) groups excluding carboxylic acids is 3. The van der Waals surface area contributed by atoms with Crippen molar-refractivity contribution in [3.63, 3.8) is 0 Å².